The number of carbonyl (C=O) groups is 2. The molecule has 1 saturated carbocycles. The van der Waals surface area contributed by atoms with Gasteiger partial charge < -0.3 is 34.3 Å². The first-order valence-corrected chi connectivity index (χ1v) is 13.3. The van der Waals surface area contributed by atoms with Crippen LogP contribution < -0.4 is 0 Å². The second kappa shape index (κ2) is 11.1. The number of hydrogen-bond acceptors (Lipinski definition) is 9. The summed E-state index contributed by atoms with van der Waals surface area (Å²) < 4.78 is 24.6. The second-order valence-electron chi connectivity index (χ2n) is 11.3. The van der Waals surface area contributed by atoms with Crippen molar-refractivity contribution >= 4 is 11.9 Å². The summed E-state index contributed by atoms with van der Waals surface area (Å²) in [4.78, 5) is 25.5. The molecule has 0 aromatic carbocycles. The smallest absolute Gasteiger partial charge is 0.331 e. The molecule has 2 bridgehead atoms. The van der Waals surface area contributed by atoms with E-state index in [4.69, 9.17) is 24.1 Å². The summed E-state index contributed by atoms with van der Waals surface area (Å²) in [6.45, 7) is 7.90. The lowest BCUT2D eigenvalue weighted by molar-refractivity contribution is -0.232. The van der Waals surface area contributed by atoms with Gasteiger partial charge in [-0.2, -0.15) is 0 Å². The molecule has 2 heterocycles. The van der Waals surface area contributed by atoms with Crippen LogP contribution >= 0.6 is 0 Å². The van der Waals surface area contributed by atoms with E-state index >= 15 is 0 Å². The Bertz CT molecular complexity index is 1040. The Labute approximate surface area is 223 Å². The fourth-order valence-electron chi connectivity index (χ4n) is 6.48. The van der Waals surface area contributed by atoms with Crippen LogP contribution in [0.2, 0.25) is 0 Å². The molecule has 0 amide bonds. The number of hydrogen-bond donors (Lipinski definition) is 3. The standard InChI is InChI=1S/C29H40O9/c1-18-9-11-28(16-35-26(34)14-19(2)10-12-30)23(13-18)37-24-15-22(27(28,4)29(24)17-36-29)38-25(33)8-6-5-7-21(32)20(3)31/h5-8,13-14,20-24,30-32H,9-12,15-17H2,1-4H3. The van der Waals surface area contributed by atoms with Crippen LogP contribution in [0.4, 0.5) is 0 Å². The summed E-state index contributed by atoms with van der Waals surface area (Å²) in [5, 5.41) is 28.2. The second-order valence-corrected chi connectivity index (χ2v) is 11.3. The topological polar surface area (TPSA) is 135 Å². The minimum atomic E-state index is -1.03. The van der Waals surface area contributed by atoms with E-state index in [1.54, 1.807) is 6.92 Å². The van der Waals surface area contributed by atoms with E-state index in [2.05, 4.69) is 19.9 Å². The van der Waals surface area contributed by atoms with Crippen molar-refractivity contribution in [2.24, 2.45) is 10.8 Å². The molecule has 3 N–H and O–H groups in total. The van der Waals surface area contributed by atoms with Gasteiger partial charge in [0.05, 0.1) is 36.4 Å². The van der Waals surface area contributed by atoms with Gasteiger partial charge in [-0.25, -0.2) is 9.59 Å². The maximum absolute atomic E-state index is 12.8. The van der Waals surface area contributed by atoms with E-state index in [9.17, 15) is 19.8 Å². The van der Waals surface area contributed by atoms with Gasteiger partial charge in [0.15, 0.2) is 0 Å². The van der Waals surface area contributed by atoms with Gasteiger partial charge >= 0.3 is 11.9 Å². The van der Waals surface area contributed by atoms with Crippen molar-refractivity contribution in [2.45, 2.75) is 89.5 Å². The number of aliphatic hydroxyl groups is 3. The molecule has 0 aromatic rings. The van der Waals surface area contributed by atoms with Crippen LogP contribution in [0, 0.1) is 10.8 Å². The van der Waals surface area contributed by atoms with Gasteiger partial charge in [0.25, 0.3) is 0 Å². The lowest BCUT2D eigenvalue weighted by Gasteiger charge is -2.58. The van der Waals surface area contributed by atoms with Crippen LogP contribution in [-0.2, 0) is 28.5 Å². The van der Waals surface area contributed by atoms with Gasteiger partial charge in [0.2, 0.25) is 0 Å². The third-order valence-corrected chi connectivity index (χ3v) is 8.96. The molecule has 1 spiro atoms. The normalized spacial score (nSPS) is 37.7. The predicted molar refractivity (Wildman–Crippen MR) is 138 cm³/mol. The van der Waals surface area contributed by atoms with E-state index in [0.29, 0.717) is 25.9 Å². The van der Waals surface area contributed by atoms with Crippen LogP contribution in [0.15, 0.2) is 47.6 Å². The lowest BCUT2D eigenvalue weighted by Crippen LogP contribution is -2.66. The van der Waals surface area contributed by atoms with E-state index in [1.807, 2.05) is 0 Å². The Morgan fingerprint density at radius 3 is 2.66 bits per heavy atom. The number of carbonyl (C=O) groups excluding carboxylic acids is 2. The third kappa shape index (κ3) is 5.02. The van der Waals surface area contributed by atoms with Crippen molar-refractivity contribution in [3.63, 3.8) is 0 Å². The molecule has 9 heteroatoms. The van der Waals surface area contributed by atoms with Crippen molar-refractivity contribution in [2.75, 3.05) is 19.8 Å². The minimum Gasteiger partial charge on any atom is -0.462 e. The molecule has 0 radical (unpaired) electrons. The number of esters is 2. The van der Waals surface area contributed by atoms with Gasteiger partial charge in [0, 0.05) is 30.6 Å². The monoisotopic (exact) mass is 532 g/mol. The van der Waals surface area contributed by atoms with E-state index in [-0.39, 0.29) is 25.4 Å². The molecule has 210 valence electrons. The summed E-state index contributed by atoms with van der Waals surface area (Å²) in [7, 11) is 0. The first kappa shape index (κ1) is 28.7. The third-order valence-electron chi connectivity index (χ3n) is 8.96. The van der Waals surface area contributed by atoms with Crippen LogP contribution in [0.3, 0.4) is 0 Å². The summed E-state index contributed by atoms with van der Waals surface area (Å²) >= 11 is 0. The number of aliphatic hydroxyl groups excluding tert-OH is 3. The van der Waals surface area contributed by atoms with Crippen molar-refractivity contribution in [3.05, 3.63) is 47.6 Å². The first-order valence-electron chi connectivity index (χ1n) is 13.3. The fourth-order valence-corrected chi connectivity index (χ4v) is 6.48. The zero-order chi connectivity index (χ0) is 27.7. The lowest BCUT2D eigenvalue weighted by atomic mass is 9.51. The van der Waals surface area contributed by atoms with Crippen LogP contribution in [-0.4, -0.2) is 83.2 Å². The molecule has 3 fully saturated rings. The van der Waals surface area contributed by atoms with Gasteiger partial charge in [0.1, 0.15) is 18.3 Å². The fraction of sp³-hybridized carbons (Fsp3) is 0.655. The highest BCUT2D eigenvalue weighted by Gasteiger charge is 2.83. The van der Waals surface area contributed by atoms with Crippen LogP contribution in [0.5, 0.6) is 0 Å². The maximum Gasteiger partial charge on any atom is 0.331 e. The average Bonchev–Trinajstić information content (AvgIpc) is 3.63. The maximum atomic E-state index is 12.8. The molecule has 2 aliphatic heterocycles. The molecule has 0 aromatic heterocycles. The highest BCUT2D eigenvalue weighted by molar-refractivity contribution is 5.83. The van der Waals surface area contributed by atoms with E-state index in [0.717, 1.165) is 12.0 Å². The number of ether oxygens (including phenoxy) is 4. The molecule has 9 nitrogen and oxygen atoms in total. The molecule has 4 aliphatic rings. The quantitative estimate of drug-likeness (QED) is 0.127. The zero-order valence-electron chi connectivity index (χ0n) is 22.6. The Hall–Kier alpha value is -2.30. The Balaban J connectivity index is 1.58. The average molecular weight is 533 g/mol. The molecule has 4 rings (SSSR count). The summed E-state index contributed by atoms with van der Waals surface area (Å²) in [6.07, 6.45) is 8.43. The number of allylic oxidation sites excluding steroid dienone is 3. The van der Waals surface area contributed by atoms with Gasteiger partial charge in [-0.1, -0.05) is 42.4 Å². The Morgan fingerprint density at radius 2 is 2.00 bits per heavy atom. The van der Waals surface area contributed by atoms with E-state index < -0.39 is 46.7 Å². The SMILES string of the molecule is CC(=CC(=O)OCC12CCC(C)=CC1OC1CC(OC(=O)C=CC=CC(O)C(C)O)C2(C)C12CO2)CCO. The summed E-state index contributed by atoms with van der Waals surface area (Å²) in [5.41, 5.74) is -0.0208. The molecule has 2 aliphatic carbocycles. The summed E-state index contributed by atoms with van der Waals surface area (Å²) in [6, 6.07) is 0. The molecular formula is C29H40O9. The number of rotatable bonds is 10. The Kier molecular flexibility index (Phi) is 8.35. The van der Waals surface area contributed by atoms with Gasteiger partial charge in [-0.3, -0.25) is 0 Å². The summed E-state index contributed by atoms with van der Waals surface area (Å²) in [5.74, 6) is -1.02. The molecule has 8 atom stereocenters. The first-order chi connectivity index (χ1) is 18.0. The van der Waals surface area contributed by atoms with Crippen molar-refractivity contribution in [1.29, 1.82) is 0 Å². The highest BCUT2D eigenvalue weighted by atomic mass is 16.6. The van der Waals surface area contributed by atoms with Crippen LogP contribution in [0.1, 0.15) is 53.4 Å². The zero-order valence-corrected chi connectivity index (χ0v) is 22.6. The van der Waals surface area contributed by atoms with Crippen molar-refractivity contribution in [3.8, 4) is 0 Å². The molecule has 2 saturated heterocycles. The van der Waals surface area contributed by atoms with Crippen LogP contribution in [0.25, 0.3) is 0 Å². The largest absolute Gasteiger partial charge is 0.462 e. The predicted octanol–water partition coefficient (Wildman–Crippen LogP) is 2.30. The highest BCUT2D eigenvalue weighted by Crippen LogP contribution is 2.72. The van der Waals surface area contributed by atoms with Gasteiger partial charge in [-0.15, -0.1) is 0 Å². The minimum absolute atomic E-state index is 0.0444. The Morgan fingerprint density at radius 1 is 1.26 bits per heavy atom. The molecule has 8 unspecified atom stereocenters. The van der Waals surface area contributed by atoms with E-state index in [1.165, 1.54) is 42.9 Å². The number of fused-ring (bicyclic) bond motifs is 2. The van der Waals surface area contributed by atoms with Gasteiger partial charge in [-0.05, 0) is 40.0 Å². The number of epoxide rings is 1. The van der Waals surface area contributed by atoms with Crippen molar-refractivity contribution in [1.82, 2.24) is 0 Å². The molecule has 38 heavy (non-hydrogen) atoms. The molecular weight excluding hydrogens is 492 g/mol. The van der Waals surface area contributed by atoms with Crippen molar-refractivity contribution < 1.29 is 43.9 Å².